The van der Waals surface area contributed by atoms with Gasteiger partial charge >= 0.3 is 0 Å². The van der Waals surface area contributed by atoms with Crippen LogP contribution in [0.15, 0.2) is 28.7 Å². The molecule has 1 aromatic carbocycles. The van der Waals surface area contributed by atoms with Gasteiger partial charge in [0.15, 0.2) is 0 Å². The molecule has 2 aromatic rings. The zero-order chi connectivity index (χ0) is 14.5. The minimum Gasteiger partial charge on any atom is -0.495 e. The summed E-state index contributed by atoms with van der Waals surface area (Å²) in [6, 6.07) is 8.15. The Balaban J connectivity index is 2.10. The van der Waals surface area contributed by atoms with E-state index in [0.717, 1.165) is 41.1 Å². The summed E-state index contributed by atoms with van der Waals surface area (Å²) in [6.07, 6.45) is 0.964. The Hall–Kier alpha value is -1.49. The van der Waals surface area contributed by atoms with Crippen LogP contribution in [0.4, 0.5) is 5.69 Å². The molecule has 0 atom stereocenters. The van der Waals surface area contributed by atoms with Crippen LogP contribution in [-0.2, 0) is 19.5 Å². The van der Waals surface area contributed by atoms with E-state index in [-0.39, 0.29) is 0 Å². The third-order valence-electron chi connectivity index (χ3n) is 3.20. The van der Waals surface area contributed by atoms with Gasteiger partial charge in [-0.1, -0.05) is 6.92 Å². The summed E-state index contributed by atoms with van der Waals surface area (Å²) in [7, 11) is 1.67. The van der Waals surface area contributed by atoms with Gasteiger partial charge in [-0.3, -0.25) is 4.68 Å². The Bertz CT molecular complexity index is 580. The molecule has 0 saturated heterocycles. The lowest BCUT2D eigenvalue weighted by Crippen LogP contribution is -2.08. The van der Waals surface area contributed by atoms with Crippen molar-refractivity contribution in [2.75, 3.05) is 12.4 Å². The first-order valence-electron chi connectivity index (χ1n) is 6.81. The van der Waals surface area contributed by atoms with Crippen LogP contribution in [0.1, 0.15) is 25.2 Å². The molecule has 4 nitrogen and oxygen atoms in total. The zero-order valence-electron chi connectivity index (χ0n) is 12.1. The van der Waals surface area contributed by atoms with Crippen LogP contribution < -0.4 is 10.1 Å². The van der Waals surface area contributed by atoms with E-state index < -0.39 is 0 Å². The fourth-order valence-corrected chi connectivity index (χ4v) is 2.47. The van der Waals surface area contributed by atoms with Crippen molar-refractivity contribution in [2.45, 2.75) is 33.4 Å². The van der Waals surface area contributed by atoms with Gasteiger partial charge in [-0.25, -0.2) is 0 Å². The normalized spacial score (nSPS) is 10.6. The van der Waals surface area contributed by atoms with Crippen molar-refractivity contribution in [3.05, 3.63) is 40.1 Å². The first-order chi connectivity index (χ1) is 9.67. The van der Waals surface area contributed by atoms with Crippen molar-refractivity contribution >= 4 is 21.6 Å². The van der Waals surface area contributed by atoms with Crippen LogP contribution in [0.25, 0.3) is 0 Å². The highest BCUT2D eigenvalue weighted by Crippen LogP contribution is 2.28. The molecule has 0 aliphatic rings. The molecular weight excluding hydrogens is 318 g/mol. The lowest BCUT2D eigenvalue weighted by molar-refractivity contribution is 0.412. The minimum absolute atomic E-state index is 0.756. The standard InChI is InChI=1S/C15H20BrN3O/c1-4-11-8-13(19(5-2)18-11)10-17-12-6-7-14(16)15(9-12)20-3/h6-9,17H,4-5,10H2,1-3H3. The van der Waals surface area contributed by atoms with Crippen LogP contribution in [0, 0.1) is 0 Å². The second-order valence-electron chi connectivity index (χ2n) is 4.50. The molecule has 20 heavy (non-hydrogen) atoms. The number of aromatic nitrogens is 2. The number of aryl methyl sites for hydroxylation is 2. The Kier molecular flexibility index (Phi) is 5.06. The quantitative estimate of drug-likeness (QED) is 0.870. The highest BCUT2D eigenvalue weighted by atomic mass is 79.9. The largest absolute Gasteiger partial charge is 0.495 e. The van der Waals surface area contributed by atoms with E-state index in [2.05, 4.69) is 46.3 Å². The first-order valence-corrected chi connectivity index (χ1v) is 7.60. The predicted octanol–water partition coefficient (Wildman–Crippen LogP) is 3.85. The Morgan fingerprint density at radius 1 is 1.30 bits per heavy atom. The molecule has 108 valence electrons. The van der Waals surface area contributed by atoms with Gasteiger partial charge in [-0.15, -0.1) is 0 Å². The highest BCUT2D eigenvalue weighted by molar-refractivity contribution is 9.10. The maximum Gasteiger partial charge on any atom is 0.135 e. The maximum atomic E-state index is 5.30. The summed E-state index contributed by atoms with van der Waals surface area (Å²) < 4.78 is 8.30. The molecule has 0 fully saturated rings. The van der Waals surface area contributed by atoms with E-state index in [4.69, 9.17) is 4.74 Å². The number of ether oxygens (including phenoxy) is 1. The van der Waals surface area contributed by atoms with Crippen LogP contribution in [0.2, 0.25) is 0 Å². The van der Waals surface area contributed by atoms with E-state index in [0.29, 0.717) is 0 Å². The molecule has 0 bridgehead atoms. The summed E-state index contributed by atoms with van der Waals surface area (Å²) in [6.45, 7) is 5.88. The van der Waals surface area contributed by atoms with E-state index >= 15 is 0 Å². The molecule has 0 spiro atoms. The number of methoxy groups -OCH3 is 1. The van der Waals surface area contributed by atoms with Crippen molar-refractivity contribution < 1.29 is 4.74 Å². The van der Waals surface area contributed by atoms with Gasteiger partial charge in [0.05, 0.1) is 29.5 Å². The summed E-state index contributed by atoms with van der Waals surface area (Å²) in [5.74, 6) is 0.827. The molecule has 1 heterocycles. The fourth-order valence-electron chi connectivity index (χ4n) is 2.07. The molecule has 2 rings (SSSR count). The predicted molar refractivity (Wildman–Crippen MR) is 85.3 cm³/mol. The second-order valence-corrected chi connectivity index (χ2v) is 5.35. The number of rotatable bonds is 6. The first kappa shape index (κ1) is 14.9. The number of nitrogens with zero attached hydrogens (tertiary/aromatic N) is 2. The van der Waals surface area contributed by atoms with Gasteiger partial charge in [-0.05, 0) is 47.5 Å². The Morgan fingerprint density at radius 3 is 2.75 bits per heavy atom. The molecule has 1 N–H and O–H groups in total. The van der Waals surface area contributed by atoms with E-state index in [1.807, 2.05) is 22.9 Å². The fraction of sp³-hybridized carbons (Fsp3) is 0.400. The Morgan fingerprint density at radius 2 is 2.10 bits per heavy atom. The molecule has 5 heteroatoms. The number of nitrogens with one attached hydrogen (secondary N) is 1. The SMILES string of the molecule is CCc1cc(CNc2ccc(Br)c(OC)c2)n(CC)n1. The topological polar surface area (TPSA) is 39.1 Å². The lowest BCUT2D eigenvalue weighted by Gasteiger charge is -2.10. The van der Waals surface area contributed by atoms with Gasteiger partial charge in [0, 0.05) is 18.3 Å². The van der Waals surface area contributed by atoms with Crippen LogP contribution in [-0.4, -0.2) is 16.9 Å². The molecular formula is C15H20BrN3O. The number of hydrogen-bond acceptors (Lipinski definition) is 3. The lowest BCUT2D eigenvalue weighted by atomic mass is 10.2. The average molecular weight is 338 g/mol. The zero-order valence-corrected chi connectivity index (χ0v) is 13.7. The molecule has 0 unspecified atom stereocenters. The summed E-state index contributed by atoms with van der Waals surface area (Å²) in [5.41, 5.74) is 3.37. The third kappa shape index (κ3) is 3.33. The molecule has 0 radical (unpaired) electrons. The van der Waals surface area contributed by atoms with Crippen LogP contribution in [0.3, 0.4) is 0 Å². The van der Waals surface area contributed by atoms with E-state index in [1.165, 1.54) is 5.69 Å². The third-order valence-corrected chi connectivity index (χ3v) is 3.86. The van der Waals surface area contributed by atoms with Crippen molar-refractivity contribution in [3.8, 4) is 5.75 Å². The molecule has 0 saturated carbocycles. The van der Waals surface area contributed by atoms with Crippen molar-refractivity contribution in [1.82, 2.24) is 9.78 Å². The summed E-state index contributed by atoms with van der Waals surface area (Å²) >= 11 is 3.46. The van der Waals surface area contributed by atoms with Crippen molar-refractivity contribution in [3.63, 3.8) is 0 Å². The van der Waals surface area contributed by atoms with Crippen molar-refractivity contribution in [2.24, 2.45) is 0 Å². The number of hydrogen-bond donors (Lipinski definition) is 1. The monoisotopic (exact) mass is 337 g/mol. The van der Waals surface area contributed by atoms with Crippen LogP contribution in [0.5, 0.6) is 5.75 Å². The highest BCUT2D eigenvalue weighted by Gasteiger charge is 2.06. The maximum absolute atomic E-state index is 5.30. The van der Waals surface area contributed by atoms with E-state index in [1.54, 1.807) is 7.11 Å². The molecule has 0 aliphatic heterocycles. The number of halogens is 1. The van der Waals surface area contributed by atoms with Crippen molar-refractivity contribution in [1.29, 1.82) is 0 Å². The van der Waals surface area contributed by atoms with Gasteiger partial charge in [0.25, 0.3) is 0 Å². The molecule has 1 aromatic heterocycles. The van der Waals surface area contributed by atoms with E-state index in [9.17, 15) is 0 Å². The summed E-state index contributed by atoms with van der Waals surface area (Å²) in [4.78, 5) is 0. The Labute approximate surface area is 128 Å². The van der Waals surface area contributed by atoms with Gasteiger partial charge < -0.3 is 10.1 Å². The minimum atomic E-state index is 0.756. The van der Waals surface area contributed by atoms with Crippen LogP contribution >= 0.6 is 15.9 Å². The van der Waals surface area contributed by atoms with Gasteiger partial charge in [0.1, 0.15) is 5.75 Å². The molecule has 0 amide bonds. The summed E-state index contributed by atoms with van der Waals surface area (Å²) in [5, 5.41) is 7.97. The average Bonchev–Trinajstić information content (AvgIpc) is 2.88. The number of anilines is 1. The number of benzene rings is 1. The van der Waals surface area contributed by atoms with Gasteiger partial charge in [0.2, 0.25) is 0 Å². The van der Waals surface area contributed by atoms with Gasteiger partial charge in [-0.2, -0.15) is 5.10 Å². The second kappa shape index (κ2) is 6.79. The smallest absolute Gasteiger partial charge is 0.135 e. The molecule has 0 aliphatic carbocycles.